The van der Waals surface area contributed by atoms with Crippen molar-refractivity contribution in [3.8, 4) is 22.9 Å². The van der Waals surface area contributed by atoms with E-state index in [4.69, 9.17) is 15.2 Å². The molecule has 196 valence electrons. The third-order valence-corrected chi connectivity index (χ3v) is 8.01. The number of nitrogens with one attached hydrogen (secondary N) is 1. The Bertz CT molecular complexity index is 1480. The summed E-state index contributed by atoms with van der Waals surface area (Å²) < 4.78 is 13.9. The molecule has 2 heterocycles. The highest BCUT2D eigenvalue weighted by Crippen LogP contribution is 2.45. The van der Waals surface area contributed by atoms with Gasteiger partial charge in [-0.05, 0) is 75.5 Å². The standard InChI is InChI=1S/C29H31N5O3S/c1-17(18-6-7-18)36-29(35)32-20-10-8-19(9-11-20)27-26(30)23-13-12-22(16-24(23)34(27)21-4-3-5-21)37-25-14-15-31-28(33-25)38-2/h8-18,21H,3-7,30H2,1-2H3,(H,32,35)/t17-/m1/s1. The van der Waals surface area contributed by atoms with E-state index in [0.717, 1.165) is 53.5 Å². The topological polar surface area (TPSA) is 104 Å². The number of rotatable bonds is 8. The quantitative estimate of drug-likeness (QED) is 0.183. The molecule has 0 aliphatic heterocycles. The smallest absolute Gasteiger partial charge is 0.411 e. The maximum absolute atomic E-state index is 12.3. The third-order valence-electron chi connectivity index (χ3n) is 7.45. The fourth-order valence-electron chi connectivity index (χ4n) is 4.99. The molecule has 2 saturated carbocycles. The average Bonchev–Trinajstić information content (AvgIpc) is 3.70. The lowest BCUT2D eigenvalue weighted by Crippen LogP contribution is -2.21. The van der Waals surface area contributed by atoms with Gasteiger partial charge in [0.2, 0.25) is 5.88 Å². The number of carbonyl (C=O) groups excluding carboxylic acids is 1. The average molecular weight is 530 g/mol. The van der Waals surface area contributed by atoms with Crippen LogP contribution >= 0.6 is 11.8 Å². The van der Waals surface area contributed by atoms with E-state index in [1.54, 1.807) is 12.3 Å². The first kappa shape index (κ1) is 24.6. The van der Waals surface area contributed by atoms with Crippen LogP contribution in [0, 0.1) is 5.92 Å². The molecule has 0 radical (unpaired) electrons. The van der Waals surface area contributed by atoms with Gasteiger partial charge in [0, 0.05) is 41.0 Å². The summed E-state index contributed by atoms with van der Waals surface area (Å²) in [5.74, 6) is 1.71. The molecule has 1 amide bonds. The second-order valence-electron chi connectivity index (χ2n) is 10.0. The van der Waals surface area contributed by atoms with Gasteiger partial charge in [-0.1, -0.05) is 23.9 Å². The predicted molar refractivity (Wildman–Crippen MR) is 151 cm³/mol. The molecule has 0 saturated heterocycles. The van der Waals surface area contributed by atoms with Gasteiger partial charge < -0.3 is 19.8 Å². The first-order valence-electron chi connectivity index (χ1n) is 13.1. The summed E-state index contributed by atoms with van der Waals surface area (Å²) >= 11 is 1.47. The number of thioether (sulfide) groups is 1. The summed E-state index contributed by atoms with van der Waals surface area (Å²) in [6.45, 7) is 1.95. The third kappa shape index (κ3) is 4.90. The Hall–Kier alpha value is -3.72. The number of anilines is 2. The summed E-state index contributed by atoms with van der Waals surface area (Å²) in [6, 6.07) is 15.9. The molecule has 38 heavy (non-hydrogen) atoms. The van der Waals surface area contributed by atoms with Crippen molar-refractivity contribution in [2.75, 3.05) is 17.3 Å². The van der Waals surface area contributed by atoms with Gasteiger partial charge in [0.25, 0.3) is 0 Å². The first-order chi connectivity index (χ1) is 18.5. The van der Waals surface area contributed by atoms with E-state index in [0.29, 0.717) is 34.4 Å². The van der Waals surface area contributed by atoms with Crippen LogP contribution in [0.1, 0.15) is 45.1 Å². The van der Waals surface area contributed by atoms with Gasteiger partial charge >= 0.3 is 6.09 Å². The van der Waals surface area contributed by atoms with Crippen molar-refractivity contribution in [3.63, 3.8) is 0 Å². The molecule has 6 rings (SSSR count). The molecule has 8 nitrogen and oxygen atoms in total. The van der Waals surface area contributed by atoms with Crippen molar-refractivity contribution in [1.29, 1.82) is 0 Å². The van der Waals surface area contributed by atoms with Crippen LogP contribution in [0.4, 0.5) is 16.2 Å². The molecule has 0 bridgehead atoms. The Kier molecular flexibility index (Phi) is 6.61. The normalized spacial score (nSPS) is 16.2. The molecular weight excluding hydrogens is 498 g/mol. The zero-order valence-electron chi connectivity index (χ0n) is 21.5. The van der Waals surface area contributed by atoms with Crippen molar-refractivity contribution in [1.82, 2.24) is 14.5 Å². The van der Waals surface area contributed by atoms with Gasteiger partial charge in [-0.2, -0.15) is 4.98 Å². The number of hydrogen-bond acceptors (Lipinski definition) is 7. The first-order valence-corrected chi connectivity index (χ1v) is 14.3. The molecule has 2 fully saturated rings. The number of hydrogen-bond donors (Lipinski definition) is 2. The molecule has 2 aliphatic rings. The Morgan fingerprint density at radius 1 is 1.13 bits per heavy atom. The second kappa shape index (κ2) is 10.2. The largest absolute Gasteiger partial charge is 0.446 e. The lowest BCUT2D eigenvalue weighted by Gasteiger charge is -2.30. The van der Waals surface area contributed by atoms with E-state index in [2.05, 4.69) is 19.9 Å². The maximum Gasteiger partial charge on any atom is 0.411 e. The van der Waals surface area contributed by atoms with Gasteiger partial charge in [0.05, 0.1) is 16.9 Å². The minimum Gasteiger partial charge on any atom is -0.446 e. The summed E-state index contributed by atoms with van der Waals surface area (Å²) in [5, 5.41) is 4.50. The van der Waals surface area contributed by atoms with Crippen LogP contribution in [0.25, 0.3) is 22.2 Å². The monoisotopic (exact) mass is 529 g/mol. The van der Waals surface area contributed by atoms with Crippen molar-refractivity contribution in [2.45, 2.75) is 56.3 Å². The molecule has 1 atom stereocenters. The van der Waals surface area contributed by atoms with E-state index < -0.39 is 6.09 Å². The number of aromatic nitrogens is 3. The van der Waals surface area contributed by atoms with Crippen LogP contribution in [0.2, 0.25) is 0 Å². The highest BCUT2D eigenvalue weighted by Gasteiger charge is 2.31. The fraction of sp³-hybridized carbons (Fsp3) is 0.345. The van der Waals surface area contributed by atoms with Crippen LogP contribution in [-0.4, -0.2) is 33.0 Å². The van der Waals surface area contributed by atoms with Crippen LogP contribution in [0.3, 0.4) is 0 Å². The number of nitrogen functional groups attached to an aromatic ring is 1. The zero-order valence-corrected chi connectivity index (χ0v) is 22.3. The molecular formula is C29H31N5O3S. The summed E-state index contributed by atoms with van der Waals surface area (Å²) in [5.41, 5.74) is 11.2. The zero-order chi connectivity index (χ0) is 26.2. The number of carbonyl (C=O) groups is 1. The van der Waals surface area contributed by atoms with Crippen molar-refractivity contribution in [3.05, 3.63) is 54.7 Å². The van der Waals surface area contributed by atoms with Gasteiger partial charge in [-0.15, -0.1) is 0 Å². The lowest BCUT2D eigenvalue weighted by molar-refractivity contribution is 0.108. The summed E-state index contributed by atoms with van der Waals surface area (Å²) in [6.07, 6.45) is 8.84. The van der Waals surface area contributed by atoms with Gasteiger partial charge in [-0.25, -0.2) is 9.78 Å². The lowest BCUT2D eigenvalue weighted by atomic mass is 9.92. The number of benzene rings is 2. The van der Waals surface area contributed by atoms with E-state index in [1.165, 1.54) is 18.2 Å². The maximum atomic E-state index is 12.3. The molecule has 2 aromatic carbocycles. The number of fused-ring (bicyclic) bond motifs is 1. The number of ether oxygens (including phenoxy) is 2. The van der Waals surface area contributed by atoms with E-state index in [-0.39, 0.29) is 6.10 Å². The molecule has 2 aliphatic carbocycles. The van der Waals surface area contributed by atoms with Crippen molar-refractivity contribution >= 4 is 40.1 Å². The van der Waals surface area contributed by atoms with Gasteiger partial charge in [-0.3, -0.25) is 5.32 Å². The Labute approximate surface area is 225 Å². The van der Waals surface area contributed by atoms with Crippen LogP contribution in [-0.2, 0) is 4.74 Å². The SMILES string of the molecule is CSc1nccc(Oc2ccc3c(N)c(-c4ccc(NC(=O)O[C@H](C)C5CC5)cc4)n(C4CCC4)c3c2)n1. The minimum atomic E-state index is -0.416. The number of nitrogens with two attached hydrogens (primary N) is 1. The second-order valence-corrected chi connectivity index (χ2v) is 10.8. The Morgan fingerprint density at radius 3 is 2.61 bits per heavy atom. The molecule has 9 heteroatoms. The number of nitrogens with zero attached hydrogens (tertiary/aromatic N) is 3. The van der Waals surface area contributed by atoms with Gasteiger partial charge in [0.1, 0.15) is 11.9 Å². The Morgan fingerprint density at radius 2 is 1.92 bits per heavy atom. The summed E-state index contributed by atoms with van der Waals surface area (Å²) in [4.78, 5) is 20.9. The highest BCUT2D eigenvalue weighted by molar-refractivity contribution is 7.98. The predicted octanol–water partition coefficient (Wildman–Crippen LogP) is 7.27. The highest BCUT2D eigenvalue weighted by atomic mass is 32.2. The summed E-state index contributed by atoms with van der Waals surface area (Å²) in [7, 11) is 0. The molecule has 0 unspecified atom stereocenters. The molecule has 4 aromatic rings. The minimum absolute atomic E-state index is 0.0527. The van der Waals surface area contributed by atoms with Crippen LogP contribution in [0.5, 0.6) is 11.6 Å². The van der Waals surface area contributed by atoms with Crippen LogP contribution < -0.4 is 15.8 Å². The van der Waals surface area contributed by atoms with Gasteiger partial charge in [0.15, 0.2) is 5.16 Å². The van der Waals surface area contributed by atoms with E-state index in [1.807, 2.05) is 55.6 Å². The molecule has 2 aromatic heterocycles. The molecule has 3 N–H and O–H groups in total. The Balaban J connectivity index is 1.30. The van der Waals surface area contributed by atoms with E-state index in [9.17, 15) is 4.79 Å². The van der Waals surface area contributed by atoms with Crippen molar-refractivity contribution < 1.29 is 14.3 Å². The fourth-order valence-corrected chi connectivity index (χ4v) is 5.34. The van der Waals surface area contributed by atoms with E-state index >= 15 is 0 Å². The van der Waals surface area contributed by atoms with Crippen LogP contribution in [0.15, 0.2) is 59.9 Å². The molecule has 0 spiro atoms. The van der Waals surface area contributed by atoms with Crippen molar-refractivity contribution in [2.24, 2.45) is 5.92 Å². The number of amides is 1.